The van der Waals surface area contributed by atoms with Crippen LogP contribution in [0.3, 0.4) is 0 Å². The van der Waals surface area contributed by atoms with Gasteiger partial charge >= 0.3 is 5.97 Å². The number of unbranched alkanes of at least 4 members (excludes halogenated alkanes) is 9. The first-order valence-electron chi connectivity index (χ1n) is 14.2. The SMILES string of the molecule is CCCCCCCCCCCCOc1ccc(C(=O)Oc2ccc(C3CCCCC3)cc2)cc1C#N. The van der Waals surface area contributed by atoms with Gasteiger partial charge in [-0.25, -0.2) is 4.79 Å². The maximum Gasteiger partial charge on any atom is 0.343 e. The number of esters is 1. The van der Waals surface area contributed by atoms with E-state index >= 15 is 0 Å². The fraction of sp³-hybridized carbons (Fsp3) is 0.562. The average molecular weight is 490 g/mol. The Hall–Kier alpha value is -2.80. The minimum Gasteiger partial charge on any atom is -0.492 e. The number of hydrogen-bond donors (Lipinski definition) is 0. The molecule has 1 aliphatic carbocycles. The Labute approximate surface area is 218 Å². The maximum absolute atomic E-state index is 12.7. The minimum absolute atomic E-state index is 0.356. The fourth-order valence-electron chi connectivity index (χ4n) is 5.05. The second kappa shape index (κ2) is 16.0. The lowest BCUT2D eigenvalue weighted by atomic mass is 9.84. The molecule has 2 aromatic carbocycles. The third-order valence-corrected chi connectivity index (χ3v) is 7.26. The summed E-state index contributed by atoms with van der Waals surface area (Å²) in [7, 11) is 0. The van der Waals surface area contributed by atoms with Crippen molar-refractivity contribution in [3.05, 3.63) is 59.2 Å². The van der Waals surface area contributed by atoms with E-state index in [4.69, 9.17) is 9.47 Å². The minimum atomic E-state index is -0.460. The zero-order valence-corrected chi connectivity index (χ0v) is 22.1. The molecule has 1 fully saturated rings. The zero-order valence-electron chi connectivity index (χ0n) is 22.1. The van der Waals surface area contributed by atoms with Crippen molar-refractivity contribution in [1.29, 1.82) is 5.26 Å². The van der Waals surface area contributed by atoms with Gasteiger partial charge in [-0.05, 0) is 61.1 Å². The number of hydrogen-bond acceptors (Lipinski definition) is 4. The van der Waals surface area contributed by atoms with Crippen LogP contribution in [0.2, 0.25) is 0 Å². The average Bonchev–Trinajstić information content (AvgIpc) is 2.92. The number of carbonyl (C=O) groups excluding carboxylic acids is 1. The third kappa shape index (κ3) is 9.34. The Morgan fingerprint density at radius 2 is 1.50 bits per heavy atom. The van der Waals surface area contributed by atoms with Gasteiger partial charge in [0.15, 0.2) is 0 Å². The molecule has 0 N–H and O–H groups in total. The normalized spacial score (nSPS) is 13.8. The first kappa shape index (κ1) is 27.8. The topological polar surface area (TPSA) is 59.3 Å². The van der Waals surface area contributed by atoms with Crippen molar-refractivity contribution in [3.8, 4) is 17.6 Å². The number of nitriles is 1. The number of carbonyl (C=O) groups is 1. The molecule has 0 atom stereocenters. The van der Waals surface area contributed by atoms with E-state index in [1.165, 1.54) is 89.0 Å². The van der Waals surface area contributed by atoms with Gasteiger partial charge in [0.05, 0.1) is 17.7 Å². The number of nitrogens with zero attached hydrogens (tertiary/aromatic N) is 1. The zero-order chi connectivity index (χ0) is 25.4. The van der Waals surface area contributed by atoms with Gasteiger partial charge in [0.2, 0.25) is 0 Å². The molecule has 36 heavy (non-hydrogen) atoms. The van der Waals surface area contributed by atoms with Crippen LogP contribution in [-0.4, -0.2) is 12.6 Å². The maximum atomic E-state index is 12.7. The van der Waals surface area contributed by atoms with Crippen LogP contribution in [0.5, 0.6) is 11.5 Å². The van der Waals surface area contributed by atoms with Crippen molar-refractivity contribution in [3.63, 3.8) is 0 Å². The van der Waals surface area contributed by atoms with Crippen LogP contribution in [0.4, 0.5) is 0 Å². The van der Waals surface area contributed by atoms with Crippen molar-refractivity contribution >= 4 is 5.97 Å². The molecule has 0 heterocycles. The van der Waals surface area contributed by atoms with Crippen LogP contribution < -0.4 is 9.47 Å². The monoisotopic (exact) mass is 489 g/mol. The number of ether oxygens (including phenoxy) is 2. The summed E-state index contributed by atoms with van der Waals surface area (Å²) >= 11 is 0. The highest BCUT2D eigenvalue weighted by molar-refractivity contribution is 5.91. The molecule has 3 rings (SSSR count). The van der Waals surface area contributed by atoms with E-state index in [0.717, 1.165) is 12.8 Å². The van der Waals surface area contributed by atoms with E-state index in [-0.39, 0.29) is 0 Å². The number of benzene rings is 2. The highest BCUT2D eigenvalue weighted by atomic mass is 16.5. The Kier molecular flexibility index (Phi) is 12.4. The molecule has 4 heteroatoms. The molecule has 2 aromatic rings. The van der Waals surface area contributed by atoms with Crippen LogP contribution in [0.15, 0.2) is 42.5 Å². The lowest BCUT2D eigenvalue weighted by Crippen LogP contribution is -2.10. The van der Waals surface area contributed by atoms with Gasteiger partial charge in [-0.1, -0.05) is 96.1 Å². The molecular formula is C32H43NO3. The molecule has 0 spiro atoms. The van der Waals surface area contributed by atoms with E-state index in [0.29, 0.717) is 35.2 Å². The highest BCUT2D eigenvalue weighted by Crippen LogP contribution is 2.33. The van der Waals surface area contributed by atoms with Gasteiger partial charge in [0, 0.05) is 0 Å². The van der Waals surface area contributed by atoms with E-state index in [9.17, 15) is 10.1 Å². The molecule has 0 aromatic heterocycles. The van der Waals surface area contributed by atoms with Crippen LogP contribution in [0.25, 0.3) is 0 Å². The smallest absolute Gasteiger partial charge is 0.343 e. The Bertz CT molecular complexity index is 954. The van der Waals surface area contributed by atoms with Crippen molar-refractivity contribution in [2.45, 2.75) is 109 Å². The third-order valence-electron chi connectivity index (χ3n) is 7.26. The summed E-state index contributed by atoms with van der Waals surface area (Å²) < 4.78 is 11.4. The van der Waals surface area contributed by atoms with E-state index in [1.54, 1.807) is 18.2 Å². The van der Waals surface area contributed by atoms with Crippen molar-refractivity contribution in [2.24, 2.45) is 0 Å². The molecule has 0 bridgehead atoms. The summed E-state index contributed by atoms with van der Waals surface area (Å²) in [5.74, 6) is 1.22. The molecule has 0 aliphatic heterocycles. The van der Waals surface area contributed by atoms with Gasteiger partial charge < -0.3 is 9.47 Å². The highest BCUT2D eigenvalue weighted by Gasteiger charge is 2.16. The predicted octanol–water partition coefficient (Wildman–Crippen LogP) is 9.12. The van der Waals surface area contributed by atoms with Gasteiger partial charge in [-0.2, -0.15) is 5.26 Å². The number of rotatable bonds is 15. The lowest BCUT2D eigenvalue weighted by Gasteiger charge is -2.22. The molecule has 0 amide bonds. The molecule has 1 aliphatic rings. The standard InChI is InChI=1S/C32H43NO3/c1-2-3-4-5-6-7-8-9-10-14-23-35-31-22-19-28(24-29(31)25-33)32(34)36-30-20-17-27(18-21-30)26-15-12-11-13-16-26/h17-22,24,26H,2-16,23H2,1H3. The van der Waals surface area contributed by atoms with E-state index < -0.39 is 5.97 Å². The first-order chi connectivity index (χ1) is 17.7. The van der Waals surface area contributed by atoms with Gasteiger partial charge in [-0.3, -0.25) is 0 Å². The van der Waals surface area contributed by atoms with Crippen LogP contribution in [0, 0.1) is 11.3 Å². The quantitative estimate of drug-likeness (QED) is 0.142. The van der Waals surface area contributed by atoms with Gasteiger partial charge in [-0.15, -0.1) is 0 Å². The summed E-state index contributed by atoms with van der Waals surface area (Å²) in [6.07, 6.45) is 19.1. The van der Waals surface area contributed by atoms with Crippen LogP contribution in [-0.2, 0) is 0 Å². The van der Waals surface area contributed by atoms with Crippen molar-refractivity contribution in [1.82, 2.24) is 0 Å². The van der Waals surface area contributed by atoms with Crippen LogP contribution >= 0.6 is 0 Å². The largest absolute Gasteiger partial charge is 0.492 e. The molecule has 0 saturated heterocycles. The van der Waals surface area contributed by atoms with E-state index in [1.807, 2.05) is 12.1 Å². The lowest BCUT2D eigenvalue weighted by molar-refractivity contribution is 0.0734. The second-order valence-corrected chi connectivity index (χ2v) is 10.1. The Balaban J connectivity index is 1.39. The summed E-state index contributed by atoms with van der Waals surface area (Å²) in [4.78, 5) is 12.7. The Morgan fingerprint density at radius 3 is 2.14 bits per heavy atom. The second-order valence-electron chi connectivity index (χ2n) is 10.1. The van der Waals surface area contributed by atoms with E-state index in [2.05, 4.69) is 25.1 Å². The summed E-state index contributed by atoms with van der Waals surface area (Å²) in [6, 6.07) is 15.0. The van der Waals surface area contributed by atoms with Gasteiger partial charge in [0.25, 0.3) is 0 Å². The molecule has 0 radical (unpaired) electrons. The molecule has 4 nitrogen and oxygen atoms in total. The summed E-state index contributed by atoms with van der Waals surface area (Å²) in [6.45, 7) is 2.84. The fourth-order valence-corrected chi connectivity index (χ4v) is 5.05. The molecule has 0 unspecified atom stereocenters. The molecule has 1 saturated carbocycles. The van der Waals surface area contributed by atoms with Crippen molar-refractivity contribution < 1.29 is 14.3 Å². The molecule has 194 valence electrons. The molecular weight excluding hydrogens is 446 g/mol. The Morgan fingerprint density at radius 1 is 0.861 bits per heavy atom. The predicted molar refractivity (Wildman–Crippen MR) is 146 cm³/mol. The van der Waals surface area contributed by atoms with Crippen molar-refractivity contribution in [2.75, 3.05) is 6.61 Å². The van der Waals surface area contributed by atoms with Gasteiger partial charge in [0.1, 0.15) is 17.6 Å². The summed E-state index contributed by atoms with van der Waals surface area (Å²) in [5.41, 5.74) is 2.04. The first-order valence-corrected chi connectivity index (χ1v) is 14.2. The summed E-state index contributed by atoms with van der Waals surface area (Å²) in [5, 5.41) is 9.56. The van der Waals surface area contributed by atoms with Crippen LogP contribution in [0.1, 0.15) is 131 Å².